The maximum atomic E-state index is 13.4. The lowest BCUT2D eigenvalue weighted by atomic mass is 10.1. The fourth-order valence-corrected chi connectivity index (χ4v) is 4.05. The molecule has 1 aliphatic carbocycles. The molecule has 1 aromatic heterocycles. The maximum Gasteiger partial charge on any atom is 0.272 e. The molecule has 2 aliphatic rings. The van der Waals surface area contributed by atoms with Gasteiger partial charge in [0.2, 0.25) is 0 Å². The average molecular weight is 425 g/mol. The lowest BCUT2D eigenvalue weighted by Gasteiger charge is -2.19. The zero-order valence-electron chi connectivity index (χ0n) is 14.1. The number of H-pyrrole nitrogens is 1. The Bertz CT molecular complexity index is 837. The number of anilines is 1. The van der Waals surface area contributed by atoms with Crippen molar-refractivity contribution in [2.24, 2.45) is 5.92 Å². The summed E-state index contributed by atoms with van der Waals surface area (Å²) in [6.45, 7) is 1.97. The summed E-state index contributed by atoms with van der Waals surface area (Å²) in [5.41, 5.74) is 2.06. The van der Waals surface area contributed by atoms with Gasteiger partial charge in [-0.2, -0.15) is 5.10 Å². The fraction of sp³-hybridized carbons (Fsp3) is 0.444. The molecule has 0 unspecified atom stereocenters. The largest absolute Gasteiger partial charge is 0.371 e. The molecule has 0 radical (unpaired) electrons. The summed E-state index contributed by atoms with van der Waals surface area (Å²) in [5.74, 6) is -1.14. The number of halogens is 3. The molecule has 2 fully saturated rings. The number of carbonyl (C=O) groups is 1. The Labute approximate surface area is 158 Å². The van der Waals surface area contributed by atoms with Gasteiger partial charge in [0.1, 0.15) is 0 Å². The van der Waals surface area contributed by atoms with E-state index < -0.39 is 11.6 Å². The molecule has 1 aromatic carbocycles. The van der Waals surface area contributed by atoms with E-state index >= 15 is 0 Å². The highest BCUT2D eigenvalue weighted by Crippen LogP contribution is 2.42. The van der Waals surface area contributed by atoms with Crippen LogP contribution in [0.25, 0.3) is 0 Å². The predicted octanol–water partition coefficient (Wildman–Crippen LogP) is 3.58. The predicted molar refractivity (Wildman–Crippen MR) is 97.3 cm³/mol. The van der Waals surface area contributed by atoms with E-state index in [0.717, 1.165) is 42.0 Å². The van der Waals surface area contributed by atoms with Gasteiger partial charge >= 0.3 is 0 Å². The first-order valence-electron chi connectivity index (χ1n) is 8.75. The van der Waals surface area contributed by atoms with Gasteiger partial charge in [-0.1, -0.05) is 0 Å². The van der Waals surface area contributed by atoms with E-state index in [9.17, 15) is 13.6 Å². The Morgan fingerprint density at radius 1 is 1.31 bits per heavy atom. The number of benzene rings is 1. The quantitative estimate of drug-likeness (QED) is 0.770. The highest BCUT2D eigenvalue weighted by atomic mass is 79.9. The Balaban J connectivity index is 1.32. The van der Waals surface area contributed by atoms with E-state index in [4.69, 9.17) is 0 Å². The van der Waals surface area contributed by atoms with E-state index in [1.807, 2.05) is 4.90 Å². The van der Waals surface area contributed by atoms with Crippen molar-refractivity contribution in [3.8, 4) is 0 Å². The number of carbonyl (C=O) groups excluding carboxylic acids is 1. The molecule has 26 heavy (non-hydrogen) atoms. The molecule has 1 aliphatic heterocycles. The minimum absolute atomic E-state index is 0.202. The number of aromatic nitrogens is 2. The van der Waals surface area contributed by atoms with Crippen molar-refractivity contribution in [1.82, 2.24) is 15.5 Å². The van der Waals surface area contributed by atoms with Gasteiger partial charge in [0, 0.05) is 37.3 Å². The zero-order valence-corrected chi connectivity index (χ0v) is 15.7. The van der Waals surface area contributed by atoms with Crippen molar-refractivity contribution < 1.29 is 13.6 Å². The summed E-state index contributed by atoms with van der Waals surface area (Å²) < 4.78 is 27.2. The van der Waals surface area contributed by atoms with Crippen molar-refractivity contribution >= 4 is 27.5 Å². The van der Waals surface area contributed by atoms with Crippen LogP contribution in [0, 0.1) is 17.6 Å². The van der Waals surface area contributed by atoms with Crippen LogP contribution >= 0.6 is 15.9 Å². The number of hydrogen-bond acceptors (Lipinski definition) is 3. The summed E-state index contributed by atoms with van der Waals surface area (Å²) in [5, 5.41) is 10.0. The molecular formula is C18H19BrF2N4O. The van der Waals surface area contributed by atoms with Gasteiger partial charge in [-0.05, 0) is 53.2 Å². The Morgan fingerprint density at radius 3 is 2.85 bits per heavy atom. The molecule has 1 saturated heterocycles. The minimum atomic E-state index is -0.841. The van der Waals surface area contributed by atoms with E-state index in [-0.39, 0.29) is 11.8 Å². The smallest absolute Gasteiger partial charge is 0.272 e. The molecule has 2 N–H and O–H groups in total. The number of amides is 1. The van der Waals surface area contributed by atoms with Crippen LogP contribution in [0.4, 0.5) is 14.5 Å². The molecular weight excluding hydrogens is 406 g/mol. The number of aromatic amines is 1. The number of nitrogens with one attached hydrogen (secondary N) is 2. The van der Waals surface area contributed by atoms with Crippen molar-refractivity contribution in [3.05, 3.63) is 45.7 Å². The molecule has 138 valence electrons. The normalized spacial score (nSPS) is 19.8. The third-order valence-corrected chi connectivity index (χ3v) is 5.84. The van der Waals surface area contributed by atoms with Crippen LogP contribution in [-0.4, -0.2) is 35.7 Å². The van der Waals surface area contributed by atoms with Gasteiger partial charge in [0.05, 0.1) is 10.2 Å². The van der Waals surface area contributed by atoms with Crippen LogP contribution in [0.5, 0.6) is 0 Å². The molecule has 1 atom stereocenters. The van der Waals surface area contributed by atoms with Crippen molar-refractivity contribution in [1.29, 1.82) is 0 Å². The average Bonchev–Trinajstić information content (AvgIpc) is 3.22. The van der Waals surface area contributed by atoms with Crippen LogP contribution < -0.4 is 10.2 Å². The molecule has 8 heteroatoms. The topological polar surface area (TPSA) is 61.0 Å². The molecule has 0 spiro atoms. The van der Waals surface area contributed by atoms with E-state index in [2.05, 4.69) is 31.4 Å². The second kappa shape index (κ2) is 6.98. The molecule has 4 rings (SSSR count). The van der Waals surface area contributed by atoms with Gasteiger partial charge in [0.25, 0.3) is 5.91 Å². The first kappa shape index (κ1) is 17.5. The highest BCUT2D eigenvalue weighted by molar-refractivity contribution is 9.10. The van der Waals surface area contributed by atoms with Crippen LogP contribution in [0.15, 0.2) is 22.7 Å². The van der Waals surface area contributed by atoms with Crippen LogP contribution in [0.1, 0.15) is 41.4 Å². The summed E-state index contributed by atoms with van der Waals surface area (Å²) >= 11 is 3.47. The standard InChI is InChI=1S/C18H19BrF2N4O/c19-15-16(11-1-2-11)23-24-17(15)18(26)22-8-10-5-6-25(9-10)12-3-4-13(20)14(21)7-12/h3-4,7,10-11H,1-2,5-6,8-9H2,(H,22,26)(H,23,24)/t10-/m1/s1. The van der Waals surface area contributed by atoms with E-state index in [1.165, 1.54) is 6.07 Å². The Hall–Kier alpha value is -1.96. The van der Waals surface area contributed by atoms with Crippen LogP contribution in [0.3, 0.4) is 0 Å². The number of hydrogen-bond donors (Lipinski definition) is 2. The van der Waals surface area contributed by atoms with Gasteiger partial charge in [-0.25, -0.2) is 8.78 Å². The maximum absolute atomic E-state index is 13.4. The minimum Gasteiger partial charge on any atom is -0.371 e. The zero-order chi connectivity index (χ0) is 18.3. The van der Waals surface area contributed by atoms with Gasteiger partial charge < -0.3 is 10.2 Å². The second-order valence-electron chi connectivity index (χ2n) is 6.98. The van der Waals surface area contributed by atoms with Gasteiger partial charge in [-0.3, -0.25) is 9.89 Å². The second-order valence-corrected chi connectivity index (χ2v) is 7.78. The van der Waals surface area contributed by atoms with Gasteiger partial charge in [0.15, 0.2) is 17.3 Å². The monoisotopic (exact) mass is 424 g/mol. The summed E-state index contributed by atoms with van der Waals surface area (Å²) in [4.78, 5) is 14.4. The highest BCUT2D eigenvalue weighted by Gasteiger charge is 2.31. The Kier molecular flexibility index (Phi) is 4.69. The molecule has 5 nitrogen and oxygen atoms in total. The third-order valence-electron chi connectivity index (χ3n) is 5.04. The number of rotatable bonds is 5. The summed E-state index contributed by atoms with van der Waals surface area (Å²) in [6, 6.07) is 3.95. The van der Waals surface area contributed by atoms with Gasteiger partial charge in [-0.15, -0.1) is 0 Å². The lowest BCUT2D eigenvalue weighted by Crippen LogP contribution is -2.31. The molecule has 2 aromatic rings. The number of nitrogens with zero attached hydrogens (tertiary/aromatic N) is 2. The van der Waals surface area contributed by atoms with Crippen molar-refractivity contribution in [2.45, 2.75) is 25.2 Å². The molecule has 2 heterocycles. The molecule has 1 saturated carbocycles. The van der Waals surface area contributed by atoms with Crippen LogP contribution in [0.2, 0.25) is 0 Å². The van der Waals surface area contributed by atoms with E-state index in [0.29, 0.717) is 30.4 Å². The van der Waals surface area contributed by atoms with Crippen molar-refractivity contribution in [3.63, 3.8) is 0 Å². The SMILES string of the molecule is O=C(NC[C@H]1CCN(c2ccc(F)c(F)c2)C1)c1n[nH]c(C2CC2)c1Br. The van der Waals surface area contributed by atoms with Crippen molar-refractivity contribution in [2.75, 3.05) is 24.5 Å². The Morgan fingerprint density at radius 2 is 2.12 bits per heavy atom. The lowest BCUT2D eigenvalue weighted by molar-refractivity contribution is 0.0942. The first-order valence-corrected chi connectivity index (χ1v) is 9.54. The van der Waals surface area contributed by atoms with E-state index in [1.54, 1.807) is 6.07 Å². The first-order chi connectivity index (χ1) is 12.5. The summed E-state index contributed by atoms with van der Waals surface area (Å²) in [6.07, 6.45) is 3.14. The summed E-state index contributed by atoms with van der Waals surface area (Å²) in [7, 11) is 0. The molecule has 0 bridgehead atoms. The third kappa shape index (κ3) is 3.47. The molecule has 1 amide bonds. The fourth-order valence-electron chi connectivity index (χ4n) is 3.37. The van der Waals surface area contributed by atoms with Crippen LogP contribution in [-0.2, 0) is 0 Å².